The van der Waals surface area contributed by atoms with E-state index < -0.39 is 0 Å². The molecule has 0 aromatic carbocycles. The van der Waals surface area contributed by atoms with Crippen LogP contribution in [0.3, 0.4) is 0 Å². The van der Waals surface area contributed by atoms with Crippen molar-refractivity contribution in [1.82, 2.24) is 10.4 Å². The Labute approximate surface area is 95.1 Å². The Hall–Kier alpha value is -1.36. The van der Waals surface area contributed by atoms with Gasteiger partial charge in [0.2, 0.25) is 0 Å². The molecule has 0 bridgehead atoms. The van der Waals surface area contributed by atoms with Crippen LogP contribution in [0, 0.1) is 6.92 Å². The molecule has 5 heteroatoms. The third-order valence-corrected chi connectivity index (χ3v) is 2.98. The molecular formula is C11H18N4O. The zero-order valence-electron chi connectivity index (χ0n) is 9.57. The number of amidine groups is 1. The highest BCUT2D eigenvalue weighted by Gasteiger charge is 2.16. The molecule has 1 saturated carbocycles. The van der Waals surface area contributed by atoms with Crippen molar-refractivity contribution in [2.75, 3.05) is 0 Å². The Kier molecular flexibility index (Phi) is 3.56. The molecule has 1 aromatic heterocycles. The topological polar surface area (TPSA) is 76.4 Å². The third-order valence-electron chi connectivity index (χ3n) is 2.98. The minimum atomic E-state index is 0.365. The third kappa shape index (κ3) is 2.41. The normalized spacial score (nSPS) is 18.8. The summed E-state index contributed by atoms with van der Waals surface area (Å²) in [5.74, 6) is 6.74. The Morgan fingerprint density at radius 2 is 2.25 bits per heavy atom. The summed E-state index contributed by atoms with van der Waals surface area (Å²) in [5.41, 5.74) is 3.42. The fraction of sp³-hybridized carbons (Fsp3) is 0.636. The van der Waals surface area contributed by atoms with E-state index in [1.54, 1.807) is 0 Å². The molecule has 88 valence electrons. The molecule has 1 aromatic rings. The van der Waals surface area contributed by atoms with Crippen LogP contribution in [-0.2, 0) is 0 Å². The molecule has 5 nitrogen and oxygen atoms in total. The van der Waals surface area contributed by atoms with E-state index in [1.807, 2.05) is 6.92 Å². The first-order chi connectivity index (χ1) is 7.81. The lowest BCUT2D eigenvalue weighted by atomic mass is 9.96. The Morgan fingerprint density at radius 1 is 1.50 bits per heavy atom. The van der Waals surface area contributed by atoms with E-state index in [0.717, 1.165) is 18.5 Å². The number of nitrogens with zero attached hydrogens (tertiary/aromatic N) is 2. The summed E-state index contributed by atoms with van der Waals surface area (Å²) in [5, 5.41) is 0. The van der Waals surface area contributed by atoms with Gasteiger partial charge < -0.3 is 9.84 Å². The second-order valence-corrected chi connectivity index (χ2v) is 4.18. The first-order valence-corrected chi connectivity index (χ1v) is 5.76. The number of aliphatic imine (C=N–C) groups is 1. The summed E-state index contributed by atoms with van der Waals surface area (Å²) in [6.45, 7) is 1.88. The van der Waals surface area contributed by atoms with Gasteiger partial charge in [-0.25, -0.2) is 10.8 Å². The minimum absolute atomic E-state index is 0.365. The van der Waals surface area contributed by atoms with Crippen LogP contribution < -0.4 is 11.3 Å². The summed E-state index contributed by atoms with van der Waals surface area (Å²) in [6.07, 6.45) is 7.51. The number of oxazole rings is 1. The molecule has 16 heavy (non-hydrogen) atoms. The van der Waals surface area contributed by atoms with Crippen molar-refractivity contribution in [3.05, 3.63) is 17.8 Å². The first-order valence-electron chi connectivity index (χ1n) is 5.76. The molecule has 0 spiro atoms. The number of hydrogen-bond donors (Lipinski definition) is 2. The number of hydrazine groups is 1. The van der Waals surface area contributed by atoms with Gasteiger partial charge in [-0.2, -0.15) is 0 Å². The van der Waals surface area contributed by atoms with Gasteiger partial charge in [0.25, 0.3) is 0 Å². The van der Waals surface area contributed by atoms with E-state index in [1.165, 1.54) is 25.7 Å². The molecule has 0 radical (unpaired) electrons. The van der Waals surface area contributed by atoms with Crippen molar-refractivity contribution < 1.29 is 4.42 Å². The highest BCUT2D eigenvalue weighted by molar-refractivity contribution is 5.96. The second kappa shape index (κ2) is 5.12. The van der Waals surface area contributed by atoms with Gasteiger partial charge >= 0.3 is 0 Å². The quantitative estimate of drug-likeness (QED) is 0.344. The highest BCUT2D eigenvalue weighted by Crippen LogP contribution is 2.21. The number of aromatic nitrogens is 1. The maximum atomic E-state index is 5.48. The van der Waals surface area contributed by atoms with Crippen molar-refractivity contribution in [1.29, 1.82) is 0 Å². The van der Waals surface area contributed by atoms with Gasteiger partial charge in [-0.3, -0.25) is 4.99 Å². The molecule has 0 unspecified atom stereocenters. The standard InChI is InChI=1S/C11H18N4O/c1-8-10(16-7-13-8)11(15-12)14-9-5-3-2-4-6-9/h7,9H,2-6,12H2,1H3,(H,14,15). The van der Waals surface area contributed by atoms with E-state index in [4.69, 9.17) is 10.3 Å². The SMILES string of the molecule is Cc1ncoc1C(=NC1CCCCC1)NN. The average molecular weight is 222 g/mol. The van der Waals surface area contributed by atoms with Crippen LogP contribution in [0.15, 0.2) is 15.8 Å². The fourth-order valence-corrected chi connectivity index (χ4v) is 2.08. The van der Waals surface area contributed by atoms with Crippen molar-refractivity contribution in [3.63, 3.8) is 0 Å². The minimum Gasteiger partial charge on any atom is -0.440 e. The smallest absolute Gasteiger partial charge is 0.193 e. The zero-order valence-corrected chi connectivity index (χ0v) is 9.57. The van der Waals surface area contributed by atoms with Crippen LogP contribution in [0.1, 0.15) is 43.6 Å². The summed E-state index contributed by atoms with van der Waals surface area (Å²) in [6, 6.07) is 0.365. The molecule has 0 saturated heterocycles. The van der Waals surface area contributed by atoms with Crippen LogP contribution >= 0.6 is 0 Å². The molecule has 0 atom stereocenters. The van der Waals surface area contributed by atoms with Crippen molar-refractivity contribution in [2.24, 2.45) is 10.8 Å². The molecule has 2 rings (SSSR count). The Morgan fingerprint density at radius 3 is 2.81 bits per heavy atom. The van der Waals surface area contributed by atoms with Crippen molar-refractivity contribution in [2.45, 2.75) is 45.1 Å². The van der Waals surface area contributed by atoms with Crippen LogP contribution in [-0.4, -0.2) is 16.9 Å². The number of nitrogens with one attached hydrogen (secondary N) is 1. The maximum absolute atomic E-state index is 5.48. The lowest BCUT2D eigenvalue weighted by molar-refractivity contribution is 0.441. The van der Waals surface area contributed by atoms with Crippen LogP contribution in [0.25, 0.3) is 0 Å². The largest absolute Gasteiger partial charge is 0.440 e. The molecule has 1 heterocycles. The van der Waals surface area contributed by atoms with Crippen molar-refractivity contribution in [3.8, 4) is 0 Å². The van der Waals surface area contributed by atoms with E-state index >= 15 is 0 Å². The lowest BCUT2D eigenvalue weighted by Gasteiger charge is -2.18. The molecule has 1 aliphatic rings. The van der Waals surface area contributed by atoms with Gasteiger partial charge in [0.05, 0.1) is 11.7 Å². The van der Waals surface area contributed by atoms with Gasteiger partial charge in [0.1, 0.15) is 0 Å². The Balaban J connectivity index is 2.15. The molecule has 0 aliphatic heterocycles. The maximum Gasteiger partial charge on any atom is 0.193 e. The van der Waals surface area contributed by atoms with Crippen LogP contribution in [0.2, 0.25) is 0 Å². The van der Waals surface area contributed by atoms with Crippen molar-refractivity contribution >= 4 is 5.84 Å². The second-order valence-electron chi connectivity index (χ2n) is 4.18. The average Bonchev–Trinajstić information content (AvgIpc) is 2.74. The fourth-order valence-electron chi connectivity index (χ4n) is 2.08. The van der Waals surface area contributed by atoms with Gasteiger partial charge in [-0.15, -0.1) is 0 Å². The number of rotatable bonds is 2. The first kappa shape index (κ1) is 11.1. The lowest BCUT2D eigenvalue weighted by Crippen LogP contribution is -2.33. The zero-order chi connectivity index (χ0) is 11.4. The van der Waals surface area contributed by atoms with E-state index in [9.17, 15) is 0 Å². The van der Waals surface area contributed by atoms with Gasteiger partial charge in [0.15, 0.2) is 18.0 Å². The number of nitrogens with two attached hydrogens (primary N) is 1. The Bertz CT molecular complexity index is 366. The monoisotopic (exact) mass is 222 g/mol. The summed E-state index contributed by atoms with van der Waals surface area (Å²) in [7, 11) is 0. The summed E-state index contributed by atoms with van der Waals surface area (Å²) < 4.78 is 5.27. The number of aryl methyl sites for hydroxylation is 1. The van der Waals surface area contributed by atoms with E-state index in [2.05, 4.69) is 15.4 Å². The molecule has 0 amide bonds. The summed E-state index contributed by atoms with van der Waals surface area (Å²) in [4.78, 5) is 8.64. The predicted octanol–water partition coefficient (Wildman–Crippen LogP) is 1.53. The molecule has 1 fully saturated rings. The number of hydrogen-bond acceptors (Lipinski definition) is 4. The van der Waals surface area contributed by atoms with Crippen LogP contribution in [0.5, 0.6) is 0 Å². The predicted molar refractivity (Wildman–Crippen MR) is 62.0 cm³/mol. The molecule has 1 aliphatic carbocycles. The molecule has 3 N–H and O–H groups in total. The van der Waals surface area contributed by atoms with E-state index in [-0.39, 0.29) is 0 Å². The van der Waals surface area contributed by atoms with Gasteiger partial charge in [-0.1, -0.05) is 19.3 Å². The highest BCUT2D eigenvalue weighted by atomic mass is 16.3. The summed E-state index contributed by atoms with van der Waals surface area (Å²) >= 11 is 0. The van der Waals surface area contributed by atoms with Crippen LogP contribution in [0.4, 0.5) is 0 Å². The van der Waals surface area contributed by atoms with Gasteiger partial charge in [-0.05, 0) is 19.8 Å². The molecular weight excluding hydrogens is 204 g/mol. The van der Waals surface area contributed by atoms with E-state index in [0.29, 0.717) is 17.6 Å². The van der Waals surface area contributed by atoms with Gasteiger partial charge in [0, 0.05) is 0 Å².